The lowest BCUT2D eigenvalue weighted by molar-refractivity contribution is 0.186. The lowest BCUT2D eigenvalue weighted by Gasteiger charge is -2.39. The summed E-state index contributed by atoms with van der Waals surface area (Å²) in [6.45, 7) is 8.92. The van der Waals surface area contributed by atoms with E-state index in [2.05, 4.69) is 84.3 Å². The molecule has 35 heavy (non-hydrogen) atoms. The molecule has 0 saturated carbocycles. The molecular weight excluding hydrogens is 473 g/mol. The standard InChI is InChI=1S/C30H32ClN3.ClH/c1-3-33(4-2)26-16-18-34(19-17-26)30-21-28(32-29-20-25(31)14-15-27(29)30)24-12-10-23(11-13-24)22-8-6-5-7-9-22;/h5-15,20-21,26H,3-4,16-19H2,1-2H3;1H. The van der Waals surface area contributed by atoms with Gasteiger partial charge < -0.3 is 9.80 Å². The van der Waals surface area contributed by atoms with Crippen molar-refractivity contribution in [3.63, 3.8) is 0 Å². The van der Waals surface area contributed by atoms with Crippen LogP contribution in [0.25, 0.3) is 33.3 Å². The van der Waals surface area contributed by atoms with Gasteiger partial charge in [0.2, 0.25) is 0 Å². The van der Waals surface area contributed by atoms with Gasteiger partial charge in [-0.05, 0) is 61.3 Å². The first-order valence-electron chi connectivity index (χ1n) is 12.4. The summed E-state index contributed by atoms with van der Waals surface area (Å²) in [5, 5.41) is 1.90. The predicted octanol–water partition coefficient (Wildman–Crippen LogP) is 7.95. The van der Waals surface area contributed by atoms with Gasteiger partial charge in [-0.15, -0.1) is 12.4 Å². The maximum absolute atomic E-state index is 6.37. The van der Waals surface area contributed by atoms with Gasteiger partial charge in [0.15, 0.2) is 0 Å². The maximum atomic E-state index is 6.37. The van der Waals surface area contributed by atoms with E-state index in [0.717, 1.165) is 48.0 Å². The normalized spacial score (nSPS) is 14.3. The van der Waals surface area contributed by atoms with Crippen molar-refractivity contribution in [3.8, 4) is 22.4 Å². The van der Waals surface area contributed by atoms with Gasteiger partial charge in [-0.2, -0.15) is 0 Å². The monoisotopic (exact) mass is 505 g/mol. The van der Waals surface area contributed by atoms with Gasteiger partial charge in [-0.3, -0.25) is 0 Å². The SMILES string of the molecule is CCN(CC)C1CCN(c2cc(-c3ccc(-c4ccccc4)cc3)nc3cc(Cl)ccc23)CC1.Cl. The van der Waals surface area contributed by atoms with Crippen LogP contribution < -0.4 is 4.90 Å². The van der Waals surface area contributed by atoms with Crippen LogP contribution in [0.5, 0.6) is 0 Å². The van der Waals surface area contributed by atoms with Crippen molar-refractivity contribution >= 4 is 40.6 Å². The Hall–Kier alpha value is -2.59. The summed E-state index contributed by atoms with van der Waals surface area (Å²) in [5.74, 6) is 0. The first-order chi connectivity index (χ1) is 16.7. The molecule has 1 saturated heterocycles. The molecule has 2 heterocycles. The molecule has 0 unspecified atom stereocenters. The number of fused-ring (bicyclic) bond motifs is 1. The highest BCUT2D eigenvalue weighted by Crippen LogP contribution is 2.35. The zero-order valence-electron chi connectivity index (χ0n) is 20.5. The summed E-state index contributed by atoms with van der Waals surface area (Å²) >= 11 is 6.37. The van der Waals surface area contributed by atoms with E-state index in [4.69, 9.17) is 16.6 Å². The minimum absolute atomic E-state index is 0. The number of hydrogen-bond donors (Lipinski definition) is 0. The molecule has 0 bridgehead atoms. The predicted molar refractivity (Wildman–Crippen MR) is 153 cm³/mol. The fourth-order valence-electron chi connectivity index (χ4n) is 5.27. The number of halogens is 2. The average Bonchev–Trinajstić information content (AvgIpc) is 2.89. The summed E-state index contributed by atoms with van der Waals surface area (Å²) in [6, 6.07) is 28.3. The molecule has 0 spiro atoms. The molecule has 5 rings (SSSR count). The zero-order valence-corrected chi connectivity index (χ0v) is 22.0. The van der Waals surface area contributed by atoms with E-state index in [9.17, 15) is 0 Å². The molecule has 4 aromatic rings. The molecule has 0 atom stereocenters. The number of hydrogen-bond acceptors (Lipinski definition) is 3. The lowest BCUT2D eigenvalue weighted by Crippen LogP contribution is -2.44. The smallest absolute Gasteiger partial charge is 0.0745 e. The Morgan fingerprint density at radius 1 is 0.829 bits per heavy atom. The Kier molecular flexibility index (Phi) is 8.33. The topological polar surface area (TPSA) is 19.4 Å². The largest absolute Gasteiger partial charge is 0.371 e. The van der Waals surface area contributed by atoms with Crippen molar-refractivity contribution in [1.29, 1.82) is 0 Å². The van der Waals surface area contributed by atoms with Crippen molar-refractivity contribution in [2.45, 2.75) is 32.7 Å². The number of aromatic nitrogens is 1. The molecule has 182 valence electrons. The number of benzene rings is 3. The third-order valence-corrected chi connectivity index (χ3v) is 7.41. The van der Waals surface area contributed by atoms with Crippen molar-refractivity contribution in [3.05, 3.63) is 83.9 Å². The molecule has 3 aromatic carbocycles. The lowest BCUT2D eigenvalue weighted by atomic mass is 9.99. The summed E-state index contributed by atoms with van der Waals surface area (Å²) < 4.78 is 0. The highest BCUT2D eigenvalue weighted by atomic mass is 35.5. The number of pyridine rings is 1. The molecule has 0 N–H and O–H groups in total. The number of piperidine rings is 1. The van der Waals surface area contributed by atoms with Crippen LogP contribution in [-0.2, 0) is 0 Å². The molecule has 1 aromatic heterocycles. The summed E-state index contributed by atoms with van der Waals surface area (Å²) in [6.07, 6.45) is 2.39. The van der Waals surface area contributed by atoms with E-state index in [1.807, 2.05) is 18.2 Å². The van der Waals surface area contributed by atoms with Crippen LogP contribution in [0.4, 0.5) is 5.69 Å². The fourth-order valence-corrected chi connectivity index (χ4v) is 5.44. The molecule has 0 aliphatic carbocycles. The van der Waals surface area contributed by atoms with E-state index < -0.39 is 0 Å². The van der Waals surface area contributed by atoms with Gasteiger partial charge in [0, 0.05) is 40.8 Å². The highest BCUT2D eigenvalue weighted by molar-refractivity contribution is 6.31. The summed E-state index contributed by atoms with van der Waals surface area (Å²) in [4.78, 5) is 10.2. The van der Waals surface area contributed by atoms with E-state index in [0.29, 0.717) is 6.04 Å². The van der Waals surface area contributed by atoms with E-state index in [1.165, 1.54) is 35.0 Å². The van der Waals surface area contributed by atoms with E-state index in [-0.39, 0.29) is 12.4 Å². The van der Waals surface area contributed by atoms with Gasteiger partial charge in [0.05, 0.1) is 11.2 Å². The average molecular weight is 507 g/mol. The first kappa shape index (κ1) is 25.5. The maximum Gasteiger partial charge on any atom is 0.0745 e. The molecule has 0 amide bonds. The molecular formula is C30H33Cl2N3. The van der Waals surface area contributed by atoms with E-state index in [1.54, 1.807) is 0 Å². The second-order valence-corrected chi connectivity index (χ2v) is 9.51. The van der Waals surface area contributed by atoms with Gasteiger partial charge in [-0.1, -0.05) is 80.0 Å². The second-order valence-electron chi connectivity index (χ2n) is 9.07. The van der Waals surface area contributed by atoms with Crippen LogP contribution in [0.2, 0.25) is 5.02 Å². The summed E-state index contributed by atoms with van der Waals surface area (Å²) in [5.41, 5.74) is 6.78. The Labute approximate surface area is 220 Å². The Morgan fingerprint density at radius 2 is 1.46 bits per heavy atom. The zero-order chi connectivity index (χ0) is 23.5. The molecule has 0 radical (unpaired) electrons. The Bertz CT molecular complexity index is 1250. The van der Waals surface area contributed by atoms with Crippen LogP contribution in [-0.4, -0.2) is 42.1 Å². The minimum atomic E-state index is 0. The Balaban J connectivity index is 0.00000289. The first-order valence-corrected chi connectivity index (χ1v) is 12.8. The molecule has 1 fully saturated rings. The third-order valence-electron chi connectivity index (χ3n) is 7.17. The number of anilines is 1. The number of nitrogens with zero attached hydrogens (tertiary/aromatic N) is 3. The molecule has 3 nitrogen and oxygen atoms in total. The Morgan fingerprint density at radius 3 is 2.11 bits per heavy atom. The fraction of sp³-hybridized carbons (Fsp3) is 0.300. The van der Waals surface area contributed by atoms with Crippen molar-refractivity contribution in [2.75, 3.05) is 31.1 Å². The van der Waals surface area contributed by atoms with Gasteiger partial charge in [0.1, 0.15) is 0 Å². The van der Waals surface area contributed by atoms with Crippen LogP contribution in [0.1, 0.15) is 26.7 Å². The molecule has 1 aliphatic rings. The molecule has 5 heteroatoms. The van der Waals surface area contributed by atoms with Crippen LogP contribution >= 0.6 is 24.0 Å². The quantitative estimate of drug-likeness (QED) is 0.265. The molecule has 1 aliphatic heterocycles. The van der Waals surface area contributed by atoms with Gasteiger partial charge in [-0.25, -0.2) is 4.98 Å². The van der Waals surface area contributed by atoms with Crippen LogP contribution in [0, 0.1) is 0 Å². The summed E-state index contributed by atoms with van der Waals surface area (Å²) in [7, 11) is 0. The number of rotatable bonds is 6. The van der Waals surface area contributed by atoms with Crippen LogP contribution in [0.3, 0.4) is 0 Å². The van der Waals surface area contributed by atoms with Gasteiger partial charge >= 0.3 is 0 Å². The van der Waals surface area contributed by atoms with Gasteiger partial charge in [0.25, 0.3) is 0 Å². The van der Waals surface area contributed by atoms with Crippen molar-refractivity contribution in [2.24, 2.45) is 0 Å². The highest BCUT2D eigenvalue weighted by Gasteiger charge is 2.24. The van der Waals surface area contributed by atoms with Crippen LogP contribution in [0.15, 0.2) is 78.9 Å². The van der Waals surface area contributed by atoms with Crippen molar-refractivity contribution in [1.82, 2.24) is 9.88 Å². The minimum Gasteiger partial charge on any atom is -0.371 e. The van der Waals surface area contributed by atoms with Crippen molar-refractivity contribution < 1.29 is 0 Å². The van der Waals surface area contributed by atoms with E-state index >= 15 is 0 Å². The third kappa shape index (κ3) is 5.48. The second kappa shape index (κ2) is 11.4.